The first-order chi connectivity index (χ1) is 15.6. The number of carbonyl (C=O) groups is 2. The second kappa shape index (κ2) is 9.74. The minimum absolute atomic E-state index is 0.115. The van der Waals surface area contributed by atoms with Crippen LogP contribution in [0.25, 0.3) is 11.0 Å². The summed E-state index contributed by atoms with van der Waals surface area (Å²) in [5, 5.41) is 3.64. The Balaban J connectivity index is 1.46. The number of nitrogens with zero attached hydrogens (tertiary/aromatic N) is 3. The first-order valence-corrected chi connectivity index (χ1v) is 11.3. The topological polar surface area (TPSA) is 80.4 Å². The smallest absolute Gasteiger partial charge is 0.253 e. The molecular weight excluding hydrogens is 424 g/mol. The maximum absolute atomic E-state index is 13.0. The molecule has 2 aromatic carbocycles. The molecule has 0 radical (unpaired) electrons. The molecule has 0 fully saturated rings. The third-order valence-corrected chi connectivity index (χ3v) is 6.11. The molecule has 164 valence electrons. The molecule has 0 atom stereocenters. The molecule has 4 rings (SSSR count). The molecule has 1 N–H and O–H groups in total. The molecule has 0 saturated carbocycles. The van der Waals surface area contributed by atoms with Crippen molar-refractivity contribution >= 4 is 40.3 Å². The van der Waals surface area contributed by atoms with Gasteiger partial charge in [0.1, 0.15) is 5.76 Å². The molecule has 2 aromatic heterocycles. The molecule has 0 unspecified atom stereocenters. The van der Waals surface area contributed by atoms with Crippen LogP contribution < -0.4 is 10.2 Å². The van der Waals surface area contributed by atoms with Crippen molar-refractivity contribution in [3.63, 3.8) is 0 Å². The van der Waals surface area contributed by atoms with Crippen molar-refractivity contribution in [1.82, 2.24) is 14.9 Å². The highest BCUT2D eigenvalue weighted by atomic mass is 32.2. The largest absolute Gasteiger partial charge is 0.467 e. The van der Waals surface area contributed by atoms with E-state index in [-0.39, 0.29) is 24.1 Å². The number of imidazole rings is 1. The van der Waals surface area contributed by atoms with Crippen molar-refractivity contribution in [3.8, 4) is 0 Å². The van der Waals surface area contributed by atoms with E-state index in [1.807, 2.05) is 30.3 Å². The number of anilines is 1. The Labute approximate surface area is 190 Å². The quantitative estimate of drug-likeness (QED) is 0.406. The van der Waals surface area contributed by atoms with Crippen molar-refractivity contribution in [2.24, 2.45) is 0 Å². The van der Waals surface area contributed by atoms with Gasteiger partial charge in [0.2, 0.25) is 5.91 Å². The van der Waals surface area contributed by atoms with E-state index in [0.717, 1.165) is 22.7 Å². The molecule has 32 heavy (non-hydrogen) atoms. The summed E-state index contributed by atoms with van der Waals surface area (Å²) in [5.74, 6) is 0.492. The molecule has 0 aliphatic rings. The maximum Gasteiger partial charge on any atom is 0.253 e. The van der Waals surface area contributed by atoms with Crippen LogP contribution in [-0.2, 0) is 17.9 Å². The number of aryl methyl sites for hydroxylation is 1. The number of benzene rings is 2. The lowest BCUT2D eigenvalue weighted by Gasteiger charge is -2.20. The molecule has 7 nitrogen and oxygen atoms in total. The summed E-state index contributed by atoms with van der Waals surface area (Å²) in [6.45, 7) is 3.11. The Morgan fingerprint density at radius 1 is 1.09 bits per heavy atom. The van der Waals surface area contributed by atoms with Crippen molar-refractivity contribution < 1.29 is 14.0 Å². The Bertz CT molecular complexity index is 1230. The maximum atomic E-state index is 13.0. The van der Waals surface area contributed by atoms with Crippen LogP contribution in [0.3, 0.4) is 0 Å². The van der Waals surface area contributed by atoms with Gasteiger partial charge in [-0.25, -0.2) is 4.98 Å². The van der Waals surface area contributed by atoms with Crippen LogP contribution in [0, 0.1) is 0 Å². The number of rotatable bonds is 8. The van der Waals surface area contributed by atoms with Crippen LogP contribution in [0.15, 0.2) is 76.5 Å². The van der Waals surface area contributed by atoms with E-state index in [9.17, 15) is 9.59 Å². The van der Waals surface area contributed by atoms with Gasteiger partial charge >= 0.3 is 0 Å². The number of para-hydroxylation sites is 3. The van der Waals surface area contributed by atoms with Crippen molar-refractivity contribution in [2.75, 3.05) is 17.7 Å². The fourth-order valence-corrected chi connectivity index (χ4v) is 4.45. The molecule has 0 aliphatic heterocycles. The normalized spacial score (nSPS) is 10.9. The van der Waals surface area contributed by atoms with Gasteiger partial charge in [0.05, 0.1) is 40.8 Å². The van der Waals surface area contributed by atoms with Crippen LogP contribution in [-0.4, -0.2) is 34.2 Å². The minimum Gasteiger partial charge on any atom is -0.467 e. The van der Waals surface area contributed by atoms with Crippen LogP contribution in [0.2, 0.25) is 0 Å². The highest BCUT2D eigenvalue weighted by Crippen LogP contribution is 2.26. The van der Waals surface area contributed by atoms with E-state index >= 15 is 0 Å². The summed E-state index contributed by atoms with van der Waals surface area (Å²) < 4.78 is 7.36. The van der Waals surface area contributed by atoms with Crippen LogP contribution >= 0.6 is 11.8 Å². The SMILES string of the molecule is CCn1c(SCC(=O)N(C)c2ccccc2C(=O)NCc2ccco2)nc2ccccc21. The van der Waals surface area contributed by atoms with Gasteiger partial charge in [-0.3, -0.25) is 9.59 Å². The average molecular weight is 449 g/mol. The Kier molecular flexibility index (Phi) is 6.61. The predicted molar refractivity (Wildman–Crippen MR) is 126 cm³/mol. The molecule has 4 aromatic rings. The van der Waals surface area contributed by atoms with Gasteiger partial charge in [0, 0.05) is 13.6 Å². The van der Waals surface area contributed by atoms with Gasteiger partial charge in [-0.15, -0.1) is 0 Å². The molecule has 2 heterocycles. The third-order valence-electron chi connectivity index (χ3n) is 5.15. The fraction of sp³-hybridized carbons (Fsp3) is 0.208. The van der Waals surface area contributed by atoms with E-state index in [0.29, 0.717) is 17.0 Å². The lowest BCUT2D eigenvalue weighted by Crippen LogP contribution is -2.31. The zero-order valence-corrected chi connectivity index (χ0v) is 18.8. The van der Waals surface area contributed by atoms with Crippen LogP contribution in [0.4, 0.5) is 5.69 Å². The van der Waals surface area contributed by atoms with E-state index in [4.69, 9.17) is 4.42 Å². The lowest BCUT2D eigenvalue weighted by atomic mass is 10.1. The van der Waals surface area contributed by atoms with Gasteiger partial charge in [-0.1, -0.05) is 36.0 Å². The first kappa shape index (κ1) is 21.7. The second-order valence-electron chi connectivity index (χ2n) is 7.15. The van der Waals surface area contributed by atoms with E-state index < -0.39 is 0 Å². The van der Waals surface area contributed by atoms with Crippen molar-refractivity contribution in [3.05, 3.63) is 78.3 Å². The molecule has 8 heteroatoms. The average Bonchev–Trinajstić information content (AvgIpc) is 3.47. The monoisotopic (exact) mass is 448 g/mol. The van der Waals surface area contributed by atoms with Gasteiger partial charge in [-0.05, 0) is 43.3 Å². The number of furan rings is 1. The summed E-state index contributed by atoms with van der Waals surface area (Å²) in [6.07, 6.45) is 1.56. The molecule has 0 aliphatic carbocycles. The lowest BCUT2D eigenvalue weighted by molar-refractivity contribution is -0.115. The zero-order chi connectivity index (χ0) is 22.5. The van der Waals surface area contributed by atoms with E-state index in [2.05, 4.69) is 21.8 Å². The van der Waals surface area contributed by atoms with Crippen molar-refractivity contribution in [2.45, 2.75) is 25.2 Å². The fourth-order valence-electron chi connectivity index (χ4n) is 3.46. The van der Waals surface area contributed by atoms with Crippen LogP contribution in [0.5, 0.6) is 0 Å². The molecule has 0 spiro atoms. The third kappa shape index (κ3) is 4.55. The van der Waals surface area contributed by atoms with Gasteiger partial charge in [0.15, 0.2) is 5.16 Å². The second-order valence-corrected chi connectivity index (χ2v) is 8.09. The number of fused-ring (bicyclic) bond motifs is 1. The number of thioether (sulfide) groups is 1. The number of carbonyl (C=O) groups excluding carboxylic acids is 2. The summed E-state index contributed by atoms with van der Waals surface area (Å²) >= 11 is 1.40. The zero-order valence-electron chi connectivity index (χ0n) is 17.9. The summed E-state index contributed by atoms with van der Waals surface area (Å²) in [7, 11) is 1.68. The predicted octanol–water partition coefficient (Wildman–Crippen LogP) is 4.33. The van der Waals surface area contributed by atoms with E-state index in [1.54, 1.807) is 43.6 Å². The Morgan fingerprint density at radius 2 is 1.88 bits per heavy atom. The van der Waals surface area contributed by atoms with E-state index in [1.165, 1.54) is 16.7 Å². The standard InChI is InChI=1S/C24H24N4O3S/c1-3-28-21-13-7-5-11-19(21)26-24(28)32-16-22(29)27(2)20-12-6-4-10-18(20)23(30)25-15-17-9-8-14-31-17/h4-14H,3,15-16H2,1-2H3,(H,25,30). The summed E-state index contributed by atoms with van der Waals surface area (Å²) in [4.78, 5) is 31.9. The molecule has 2 amide bonds. The molecule has 0 bridgehead atoms. The number of hydrogen-bond donors (Lipinski definition) is 1. The number of aromatic nitrogens is 2. The van der Waals surface area contributed by atoms with Gasteiger partial charge in [0.25, 0.3) is 5.91 Å². The van der Waals surface area contributed by atoms with Gasteiger partial charge in [-0.2, -0.15) is 0 Å². The summed E-state index contributed by atoms with van der Waals surface area (Å²) in [6, 6.07) is 18.6. The highest BCUT2D eigenvalue weighted by Gasteiger charge is 2.20. The number of nitrogens with one attached hydrogen (secondary N) is 1. The molecule has 0 saturated heterocycles. The van der Waals surface area contributed by atoms with Crippen molar-refractivity contribution in [1.29, 1.82) is 0 Å². The van der Waals surface area contributed by atoms with Gasteiger partial charge < -0.3 is 19.2 Å². The highest BCUT2D eigenvalue weighted by molar-refractivity contribution is 7.99. The summed E-state index contributed by atoms with van der Waals surface area (Å²) in [5.41, 5.74) is 2.95. The van der Waals surface area contributed by atoms with Crippen LogP contribution in [0.1, 0.15) is 23.0 Å². The Morgan fingerprint density at radius 3 is 2.66 bits per heavy atom. The minimum atomic E-state index is -0.267. The number of amides is 2. The number of hydrogen-bond acceptors (Lipinski definition) is 5. The first-order valence-electron chi connectivity index (χ1n) is 10.3. The molecular formula is C24H24N4O3S. The Hall–Kier alpha value is -3.52.